The zero-order valence-electron chi connectivity index (χ0n) is 14.0. The van der Waals surface area contributed by atoms with Gasteiger partial charge in [-0.05, 0) is 36.2 Å². The van der Waals surface area contributed by atoms with Gasteiger partial charge in [0.1, 0.15) is 17.4 Å². The average molecular weight is 346 g/mol. The maximum atomic E-state index is 14.6. The molecule has 0 aliphatic rings. The number of rotatable bonds is 2. The van der Waals surface area contributed by atoms with Gasteiger partial charge in [-0.1, -0.05) is 42.5 Å². The van der Waals surface area contributed by atoms with E-state index in [0.29, 0.717) is 27.6 Å². The first kappa shape index (κ1) is 16.0. The summed E-state index contributed by atoms with van der Waals surface area (Å²) in [6, 6.07) is 17.0. The van der Waals surface area contributed by atoms with E-state index in [4.69, 9.17) is 0 Å². The van der Waals surface area contributed by atoms with Gasteiger partial charge in [-0.3, -0.25) is 4.79 Å². The van der Waals surface area contributed by atoms with E-state index in [1.807, 2.05) is 30.3 Å². The normalized spacial score (nSPS) is 11.0. The van der Waals surface area contributed by atoms with Crippen molar-refractivity contribution in [1.29, 1.82) is 0 Å². The number of phenolic OH excluding ortho intramolecular Hbond substituents is 1. The highest BCUT2D eigenvalue weighted by atomic mass is 19.1. The number of nitrogens with one attached hydrogen (secondary N) is 1. The van der Waals surface area contributed by atoms with Crippen molar-refractivity contribution in [3.8, 4) is 28.3 Å². The first-order valence-corrected chi connectivity index (χ1v) is 8.12. The summed E-state index contributed by atoms with van der Waals surface area (Å²) in [6.07, 6.45) is 0. The molecule has 0 spiro atoms. The van der Waals surface area contributed by atoms with Crippen molar-refractivity contribution in [2.45, 2.75) is 6.92 Å². The van der Waals surface area contributed by atoms with E-state index in [0.717, 1.165) is 5.56 Å². The molecule has 0 saturated carbocycles. The second kappa shape index (κ2) is 6.11. The molecule has 0 aliphatic carbocycles. The lowest BCUT2D eigenvalue weighted by Crippen LogP contribution is -2.09. The van der Waals surface area contributed by atoms with Crippen molar-refractivity contribution in [2.75, 3.05) is 0 Å². The van der Waals surface area contributed by atoms with Crippen LogP contribution in [0.3, 0.4) is 0 Å². The highest BCUT2D eigenvalue weighted by molar-refractivity contribution is 5.82. The minimum atomic E-state index is -0.390. The lowest BCUT2D eigenvalue weighted by atomic mass is 10.0. The number of aromatic amines is 1. The first-order valence-electron chi connectivity index (χ1n) is 8.12. The molecular formula is C21H15FN2O2. The number of fused-ring (bicyclic) bond motifs is 1. The van der Waals surface area contributed by atoms with Crippen LogP contribution in [0.15, 0.2) is 65.5 Å². The van der Waals surface area contributed by atoms with Crippen LogP contribution in [0.4, 0.5) is 4.39 Å². The highest BCUT2D eigenvalue weighted by Crippen LogP contribution is 2.27. The molecule has 4 rings (SSSR count). The van der Waals surface area contributed by atoms with Crippen molar-refractivity contribution in [3.05, 3.63) is 82.4 Å². The second-order valence-corrected chi connectivity index (χ2v) is 6.13. The number of hydrogen-bond donors (Lipinski definition) is 2. The van der Waals surface area contributed by atoms with Crippen LogP contribution in [0, 0.1) is 12.7 Å². The zero-order chi connectivity index (χ0) is 18.3. The van der Waals surface area contributed by atoms with Crippen molar-refractivity contribution in [1.82, 2.24) is 9.97 Å². The summed E-state index contributed by atoms with van der Waals surface area (Å²) in [4.78, 5) is 19.4. The Morgan fingerprint density at radius 1 is 1.00 bits per heavy atom. The molecule has 1 aromatic heterocycles. The Morgan fingerprint density at radius 3 is 2.50 bits per heavy atom. The van der Waals surface area contributed by atoms with Gasteiger partial charge in [-0.15, -0.1) is 0 Å². The third-order valence-corrected chi connectivity index (χ3v) is 4.35. The van der Waals surface area contributed by atoms with Crippen LogP contribution in [0.1, 0.15) is 5.56 Å². The maximum absolute atomic E-state index is 14.6. The van der Waals surface area contributed by atoms with E-state index in [9.17, 15) is 14.3 Å². The number of nitrogens with zero attached hydrogens (tertiary/aromatic N) is 1. The number of H-pyrrole nitrogens is 1. The molecule has 0 bridgehead atoms. The molecule has 0 atom stereocenters. The summed E-state index contributed by atoms with van der Waals surface area (Å²) in [7, 11) is 0. The zero-order valence-corrected chi connectivity index (χ0v) is 14.0. The van der Waals surface area contributed by atoms with Crippen LogP contribution in [-0.2, 0) is 0 Å². The minimum absolute atomic E-state index is 0.0378. The largest absolute Gasteiger partial charge is 0.508 e. The molecule has 0 fully saturated rings. The summed E-state index contributed by atoms with van der Waals surface area (Å²) in [5.74, 6) is -0.0692. The van der Waals surface area contributed by atoms with Crippen LogP contribution in [0.2, 0.25) is 0 Å². The number of aromatic hydroxyl groups is 1. The number of aromatic nitrogens is 2. The molecule has 3 aromatic carbocycles. The van der Waals surface area contributed by atoms with Gasteiger partial charge in [-0.25, -0.2) is 9.37 Å². The lowest BCUT2D eigenvalue weighted by molar-refractivity contribution is 0.472. The minimum Gasteiger partial charge on any atom is -0.508 e. The standard InChI is InChI=1S/C21H15FN2O2/c1-12-9-18-16(11-19(12)25)21(26)24-20(23-18)14-7-8-15(17(22)10-14)13-5-3-2-4-6-13/h2-11,25H,1H3,(H,23,24,26). The number of phenols is 1. The monoisotopic (exact) mass is 346 g/mol. The molecule has 1 heterocycles. The fourth-order valence-corrected chi connectivity index (χ4v) is 2.93. The van der Waals surface area contributed by atoms with Crippen LogP contribution in [0.5, 0.6) is 5.75 Å². The summed E-state index contributed by atoms with van der Waals surface area (Å²) >= 11 is 0. The highest BCUT2D eigenvalue weighted by Gasteiger charge is 2.11. The van der Waals surface area contributed by atoms with Gasteiger partial charge in [-0.2, -0.15) is 0 Å². The fourth-order valence-electron chi connectivity index (χ4n) is 2.93. The van der Waals surface area contributed by atoms with Crippen LogP contribution >= 0.6 is 0 Å². The van der Waals surface area contributed by atoms with Gasteiger partial charge < -0.3 is 10.1 Å². The van der Waals surface area contributed by atoms with Gasteiger partial charge in [0.2, 0.25) is 0 Å². The average Bonchev–Trinajstić information content (AvgIpc) is 2.64. The predicted molar refractivity (Wildman–Crippen MR) is 99.6 cm³/mol. The molecule has 26 heavy (non-hydrogen) atoms. The molecule has 128 valence electrons. The Hall–Kier alpha value is -3.47. The maximum Gasteiger partial charge on any atom is 0.259 e. The van der Waals surface area contributed by atoms with E-state index in [1.54, 1.807) is 25.1 Å². The van der Waals surface area contributed by atoms with E-state index >= 15 is 0 Å². The van der Waals surface area contributed by atoms with Crippen LogP contribution in [0.25, 0.3) is 33.4 Å². The third-order valence-electron chi connectivity index (χ3n) is 4.35. The summed E-state index contributed by atoms with van der Waals surface area (Å²) in [6.45, 7) is 1.73. The number of benzene rings is 3. The predicted octanol–water partition coefficient (Wildman–Crippen LogP) is 4.41. The topological polar surface area (TPSA) is 66.0 Å². The number of hydrogen-bond acceptors (Lipinski definition) is 3. The lowest BCUT2D eigenvalue weighted by Gasteiger charge is -2.08. The van der Waals surface area contributed by atoms with E-state index in [-0.39, 0.29) is 17.1 Å². The van der Waals surface area contributed by atoms with Crippen molar-refractivity contribution in [3.63, 3.8) is 0 Å². The molecule has 4 aromatic rings. The summed E-state index contributed by atoms with van der Waals surface area (Å²) in [5.41, 5.74) is 2.43. The van der Waals surface area contributed by atoms with Crippen molar-refractivity contribution in [2.24, 2.45) is 0 Å². The third kappa shape index (κ3) is 2.73. The molecular weight excluding hydrogens is 331 g/mol. The Bertz CT molecular complexity index is 1180. The van der Waals surface area contributed by atoms with Gasteiger partial charge in [0.25, 0.3) is 5.56 Å². The summed E-state index contributed by atoms with van der Waals surface area (Å²) in [5, 5.41) is 10.1. The number of aryl methyl sites for hydroxylation is 1. The van der Waals surface area contributed by atoms with E-state index in [2.05, 4.69) is 9.97 Å². The quantitative estimate of drug-likeness (QED) is 0.565. The smallest absolute Gasteiger partial charge is 0.259 e. The molecule has 0 saturated heterocycles. The molecule has 0 amide bonds. The first-order chi connectivity index (χ1) is 12.5. The number of halogens is 1. The van der Waals surface area contributed by atoms with Crippen LogP contribution < -0.4 is 5.56 Å². The molecule has 4 nitrogen and oxygen atoms in total. The van der Waals surface area contributed by atoms with E-state index < -0.39 is 5.82 Å². The Balaban J connectivity index is 1.84. The molecule has 0 unspecified atom stereocenters. The molecule has 2 N–H and O–H groups in total. The summed E-state index contributed by atoms with van der Waals surface area (Å²) < 4.78 is 14.6. The fraction of sp³-hybridized carbons (Fsp3) is 0.0476. The van der Waals surface area contributed by atoms with Gasteiger partial charge in [0, 0.05) is 11.1 Å². The molecule has 5 heteroatoms. The Morgan fingerprint density at radius 2 is 1.77 bits per heavy atom. The van der Waals surface area contributed by atoms with Crippen LogP contribution in [-0.4, -0.2) is 15.1 Å². The Kier molecular flexibility index (Phi) is 3.77. The molecule has 0 radical (unpaired) electrons. The van der Waals surface area contributed by atoms with Gasteiger partial charge >= 0.3 is 0 Å². The van der Waals surface area contributed by atoms with Crippen molar-refractivity contribution >= 4 is 10.9 Å². The molecule has 0 aliphatic heterocycles. The van der Waals surface area contributed by atoms with Gasteiger partial charge in [0.15, 0.2) is 0 Å². The Labute approximate surface area is 148 Å². The van der Waals surface area contributed by atoms with Gasteiger partial charge in [0.05, 0.1) is 10.9 Å². The SMILES string of the molecule is Cc1cc2nc(-c3ccc(-c4ccccc4)c(F)c3)[nH]c(=O)c2cc1O. The van der Waals surface area contributed by atoms with E-state index in [1.165, 1.54) is 12.1 Å². The van der Waals surface area contributed by atoms with Crippen molar-refractivity contribution < 1.29 is 9.50 Å². The second-order valence-electron chi connectivity index (χ2n) is 6.13.